The van der Waals surface area contributed by atoms with Gasteiger partial charge in [0.1, 0.15) is 16.5 Å². The van der Waals surface area contributed by atoms with Crippen LogP contribution < -0.4 is 15.4 Å². The van der Waals surface area contributed by atoms with Crippen LogP contribution in [0.1, 0.15) is 24.0 Å². The van der Waals surface area contributed by atoms with Crippen LogP contribution in [0.5, 0.6) is 5.75 Å². The molecule has 11 heteroatoms. The number of piperazine rings is 1. The van der Waals surface area contributed by atoms with Crippen molar-refractivity contribution in [3.05, 3.63) is 59.8 Å². The van der Waals surface area contributed by atoms with Crippen molar-refractivity contribution in [2.75, 3.05) is 64.1 Å². The maximum absolute atomic E-state index is 13.5. The fourth-order valence-corrected chi connectivity index (χ4v) is 6.54. The molecule has 3 heterocycles. The van der Waals surface area contributed by atoms with Gasteiger partial charge >= 0.3 is 0 Å². The highest BCUT2D eigenvalue weighted by molar-refractivity contribution is 7.89. The lowest BCUT2D eigenvalue weighted by Crippen LogP contribution is -2.43. The molecule has 2 aliphatic heterocycles. The molecule has 0 saturated carbocycles. The van der Waals surface area contributed by atoms with Gasteiger partial charge < -0.3 is 20.3 Å². The fourth-order valence-electron chi connectivity index (χ4n) is 4.86. The molecule has 2 N–H and O–H groups in total. The molecule has 2 fully saturated rings. The highest BCUT2D eigenvalue weighted by Crippen LogP contribution is 2.33. The molecular formula is C28H37N7O3S. The Kier molecular flexibility index (Phi) is 8.31. The van der Waals surface area contributed by atoms with Crippen molar-refractivity contribution in [2.24, 2.45) is 0 Å². The Labute approximate surface area is 231 Å². The van der Waals surface area contributed by atoms with Crippen molar-refractivity contribution in [3.8, 4) is 5.75 Å². The summed E-state index contributed by atoms with van der Waals surface area (Å²) in [6.07, 6.45) is 3.45. The zero-order chi connectivity index (χ0) is 27.4. The first-order chi connectivity index (χ1) is 18.8. The number of ether oxygens (including phenoxy) is 1. The average Bonchev–Trinajstić information content (AvgIpc) is 3.49. The number of hydrogen-bond donors (Lipinski definition) is 2. The number of benzene rings is 2. The van der Waals surface area contributed by atoms with E-state index in [-0.39, 0.29) is 4.90 Å². The first-order valence-electron chi connectivity index (χ1n) is 13.4. The van der Waals surface area contributed by atoms with E-state index in [0.717, 1.165) is 56.8 Å². The second kappa shape index (κ2) is 11.9. The van der Waals surface area contributed by atoms with E-state index in [2.05, 4.69) is 49.6 Å². The summed E-state index contributed by atoms with van der Waals surface area (Å²) in [5, 5.41) is 6.52. The number of nitrogens with zero attached hydrogens (tertiary/aromatic N) is 5. The van der Waals surface area contributed by atoms with Gasteiger partial charge in [0.25, 0.3) is 0 Å². The molecule has 3 aromatic rings. The van der Waals surface area contributed by atoms with Crippen LogP contribution in [0.15, 0.2) is 53.6 Å². The van der Waals surface area contributed by atoms with Gasteiger partial charge in [0.2, 0.25) is 16.0 Å². The number of aryl methyl sites for hydroxylation is 1. The monoisotopic (exact) mass is 551 g/mol. The maximum Gasteiger partial charge on any atom is 0.245 e. The lowest BCUT2D eigenvalue weighted by molar-refractivity contribution is 0.148. The van der Waals surface area contributed by atoms with E-state index in [9.17, 15) is 8.42 Å². The highest BCUT2D eigenvalue weighted by atomic mass is 32.2. The standard InChI is InChI=1S/C28H37N7O3S/c1-21-19-29-28(30-23-8-6-22(7-9-23)20-34-16-14-33(2)15-17-34)32-27(21)31-25-11-10-24(38-3)18-26(25)39(36,37)35-12-4-5-13-35/h6-11,18-19H,4-5,12-17,20H2,1-3H3,(H2,29,30,31,32). The predicted molar refractivity (Wildman–Crippen MR) is 154 cm³/mol. The Morgan fingerprint density at radius 1 is 0.949 bits per heavy atom. The summed E-state index contributed by atoms with van der Waals surface area (Å²) in [7, 11) is 0.00765. The van der Waals surface area contributed by atoms with Crippen LogP contribution in [0.4, 0.5) is 23.1 Å². The van der Waals surface area contributed by atoms with Gasteiger partial charge in [-0.1, -0.05) is 12.1 Å². The number of rotatable bonds is 9. The quantitative estimate of drug-likeness (QED) is 0.411. The summed E-state index contributed by atoms with van der Waals surface area (Å²) < 4.78 is 33.8. The van der Waals surface area contributed by atoms with Crippen molar-refractivity contribution in [1.82, 2.24) is 24.1 Å². The van der Waals surface area contributed by atoms with Crippen LogP contribution in [0.25, 0.3) is 0 Å². The topological polar surface area (TPSA) is 103 Å². The SMILES string of the molecule is COc1ccc(Nc2nc(Nc3ccc(CN4CCN(C)CC4)cc3)ncc2C)c(S(=O)(=O)N2CCCC2)c1. The van der Waals surface area contributed by atoms with E-state index in [4.69, 9.17) is 4.74 Å². The van der Waals surface area contributed by atoms with Crippen LogP contribution in [-0.4, -0.2) is 85.9 Å². The molecular weight excluding hydrogens is 514 g/mol. The Bertz CT molecular complexity index is 1380. The van der Waals surface area contributed by atoms with E-state index in [1.54, 1.807) is 24.4 Å². The van der Waals surface area contributed by atoms with Gasteiger partial charge in [0, 0.05) is 69.3 Å². The number of hydrogen-bond acceptors (Lipinski definition) is 9. The molecule has 5 rings (SSSR count). The molecule has 0 atom stereocenters. The van der Waals surface area contributed by atoms with Crippen molar-refractivity contribution in [2.45, 2.75) is 31.2 Å². The normalized spacial score (nSPS) is 17.3. The third-order valence-corrected chi connectivity index (χ3v) is 9.25. The Balaban J connectivity index is 1.32. The lowest BCUT2D eigenvalue weighted by atomic mass is 10.2. The van der Waals surface area contributed by atoms with Crippen LogP contribution in [0, 0.1) is 6.92 Å². The lowest BCUT2D eigenvalue weighted by Gasteiger charge is -2.32. The summed E-state index contributed by atoms with van der Waals surface area (Å²) in [6.45, 7) is 8.23. The van der Waals surface area contributed by atoms with Gasteiger partial charge in [-0.05, 0) is 56.6 Å². The molecule has 39 heavy (non-hydrogen) atoms. The van der Waals surface area contributed by atoms with E-state index in [1.807, 2.05) is 19.1 Å². The number of methoxy groups -OCH3 is 1. The summed E-state index contributed by atoms with van der Waals surface area (Å²) in [5.41, 5.74) is 3.39. The smallest absolute Gasteiger partial charge is 0.245 e. The Morgan fingerprint density at radius 2 is 1.67 bits per heavy atom. The Morgan fingerprint density at radius 3 is 2.36 bits per heavy atom. The first kappa shape index (κ1) is 27.3. The van der Waals surface area contributed by atoms with Gasteiger partial charge in [-0.15, -0.1) is 0 Å². The molecule has 10 nitrogen and oxygen atoms in total. The molecule has 2 aromatic carbocycles. The van der Waals surface area contributed by atoms with Crippen molar-refractivity contribution < 1.29 is 13.2 Å². The van der Waals surface area contributed by atoms with Gasteiger partial charge in [-0.3, -0.25) is 4.90 Å². The number of aromatic nitrogens is 2. The van der Waals surface area contributed by atoms with Crippen LogP contribution >= 0.6 is 0 Å². The van der Waals surface area contributed by atoms with Crippen molar-refractivity contribution in [1.29, 1.82) is 0 Å². The summed E-state index contributed by atoms with van der Waals surface area (Å²) in [5.74, 6) is 1.44. The average molecular weight is 552 g/mol. The molecule has 0 unspecified atom stereocenters. The van der Waals surface area contributed by atoms with Crippen molar-refractivity contribution in [3.63, 3.8) is 0 Å². The largest absolute Gasteiger partial charge is 0.497 e. The van der Waals surface area contributed by atoms with Crippen molar-refractivity contribution >= 4 is 33.2 Å². The second-order valence-corrected chi connectivity index (χ2v) is 12.1. The highest BCUT2D eigenvalue weighted by Gasteiger charge is 2.30. The fraction of sp³-hybridized carbons (Fsp3) is 0.429. The van der Waals surface area contributed by atoms with Gasteiger partial charge in [-0.2, -0.15) is 9.29 Å². The molecule has 2 saturated heterocycles. The summed E-state index contributed by atoms with van der Waals surface area (Å²) >= 11 is 0. The minimum absolute atomic E-state index is 0.173. The molecule has 0 spiro atoms. The Hall–Kier alpha value is -3.25. The number of nitrogens with one attached hydrogen (secondary N) is 2. The minimum Gasteiger partial charge on any atom is -0.497 e. The maximum atomic E-state index is 13.5. The van der Waals surface area contributed by atoms with Gasteiger partial charge in [0.05, 0.1) is 12.8 Å². The zero-order valence-corrected chi connectivity index (χ0v) is 23.7. The van der Waals surface area contributed by atoms with E-state index in [0.29, 0.717) is 36.3 Å². The van der Waals surface area contributed by atoms with E-state index < -0.39 is 10.0 Å². The number of sulfonamides is 1. The summed E-state index contributed by atoms with van der Waals surface area (Å²) in [4.78, 5) is 14.1. The molecule has 0 amide bonds. The third-order valence-electron chi connectivity index (χ3n) is 7.31. The van der Waals surface area contributed by atoms with Crippen LogP contribution in [-0.2, 0) is 16.6 Å². The number of likely N-dealkylation sites (N-methyl/N-ethyl adjacent to an activating group) is 1. The van der Waals surface area contributed by atoms with E-state index in [1.165, 1.54) is 17.0 Å². The van der Waals surface area contributed by atoms with Crippen LogP contribution in [0.3, 0.4) is 0 Å². The van der Waals surface area contributed by atoms with E-state index >= 15 is 0 Å². The minimum atomic E-state index is -3.69. The molecule has 0 aliphatic carbocycles. The van der Waals surface area contributed by atoms with Gasteiger partial charge in [-0.25, -0.2) is 13.4 Å². The molecule has 0 bridgehead atoms. The molecule has 2 aliphatic rings. The number of anilines is 4. The first-order valence-corrected chi connectivity index (χ1v) is 14.8. The predicted octanol–water partition coefficient (Wildman–Crippen LogP) is 3.81. The zero-order valence-electron chi connectivity index (χ0n) is 22.9. The third kappa shape index (κ3) is 6.50. The summed E-state index contributed by atoms with van der Waals surface area (Å²) in [6, 6.07) is 13.3. The van der Waals surface area contributed by atoms with Crippen LogP contribution in [0.2, 0.25) is 0 Å². The molecule has 1 aromatic heterocycles. The molecule has 0 radical (unpaired) electrons. The molecule has 208 valence electrons. The van der Waals surface area contributed by atoms with Gasteiger partial charge in [0.15, 0.2) is 0 Å². The second-order valence-electron chi connectivity index (χ2n) is 10.2.